The van der Waals surface area contributed by atoms with Crippen LogP contribution < -0.4 is 19.5 Å². The van der Waals surface area contributed by atoms with Gasteiger partial charge in [0, 0.05) is 31.6 Å². The Morgan fingerprint density at radius 1 is 1.17 bits per heavy atom. The van der Waals surface area contributed by atoms with E-state index in [4.69, 9.17) is 14.2 Å². The maximum absolute atomic E-state index is 12.4. The molecule has 154 valence electrons. The SMILES string of the molecule is CNCCN1CC(c2ccc3c(c2)OCO3)C(C(=O)O)C1c1ccc(OC)cc1. The highest BCUT2D eigenvalue weighted by molar-refractivity contribution is 5.74. The Morgan fingerprint density at radius 3 is 2.59 bits per heavy atom. The standard InChI is InChI=1S/C22H26N2O5/c1-23-9-10-24-12-17(15-5-8-18-19(11-15)29-13-28-18)20(22(25)26)21(24)14-3-6-16(27-2)7-4-14/h3-8,11,17,20-21,23H,9-10,12-13H2,1-2H3,(H,25,26). The fourth-order valence-electron chi connectivity index (χ4n) is 4.40. The number of likely N-dealkylation sites (N-methyl/N-ethyl adjacent to an activating group) is 1. The van der Waals surface area contributed by atoms with Crippen LogP contribution in [0.15, 0.2) is 42.5 Å². The third-order valence-electron chi connectivity index (χ3n) is 5.81. The van der Waals surface area contributed by atoms with E-state index in [1.54, 1.807) is 7.11 Å². The molecule has 1 saturated heterocycles. The van der Waals surface area contributed by atoms with Crippen molar-refractivity contribution in [1.29, 1.82) is 0 Å². The Bertz CT molecular complexity index is 870. The van der Waals surface area contributed by atoms with Gasteiger partial charge in [-0.05, 0) is 42.4 Å². The smallest absolute Gasteiger partial charge is 0.309 e. The molecule has 0 aromatic heterocycles. The van der Waals surface area contributed by atoms with Crippen LogP contribution in [0.1, 0.15) is 23.1 Å². The molecule has 2 aliphatic rings. The van der Waals surface area contributed by atoms with Crippen molar-refractivity contribution in [3.8, 4) is 17.2 Å². The van der Waals surface area contributed by atoms with E-state index in [0.29, 0.717) is 18.0 Å². The van der Waals surface area contributed by atoms with Crippen LogP contribution in [0.25, 0.3) is 0 Å². The average molecular weight is 398 g/mol. The van der Waals surface area contributed by atoms with Gasteiger partial charge in [-0.1, -0.05) is 18.2 Å². The van der Waals surface area contributed by atoms with Crippen LogP contribution >= 0.6 is 0 Å². The molecule has 2 aliphatic heterocycles. The van der Waals surface area contributed by atoms with Crippen molar-refractivity contribution in [3.05, 3.63) is 53.6 Å². The van der Waals surface area contributed by atoms with E-state index >= 15 is 0 Å². The van der Waals surface area contributed by atoms with Gasteiger partial charge in [-0.15, -0.1) is 0 Å². The van der Waals surface area contributed by atoms with E-state index in [2.05, 4.69) is 10.2 Å². The number of carboxylic acid groups (broad SMARTS) is 1. The van der Waals surface area contributed by atoms with Crippen molar-refractivity contribution in [2.24, 2.45) is 5.92 Å². The molecule has 0 bridgehead atoms. The second kappa shape index (κ2) is 8.31. The molecule has 1 fully saturated rings. The molecule has 2 heterocycles. The number of carbonyl (C=O) groups is 1. The fraction of sp³-hybridized carbons (Fsp3) is 0.409. The van der Waals surface area contributed by atoms with Crippen LogP contribution in [0.2, 0.25) is 0 Å². The van der Waals surface area contributed by atoms with Crippen LogP contribution in [0.5, 0.6) is 17.2 Å². The van der Waals surface area contributed by atoms with Gasteiger partial charge in [-0.25, -0.2) is 0 Å². The zero-order valence-corrected chi connectivity index (χ0v) is 16.6. The minimum absolute atomic E-state index is 0.147. The number of hydrogen-bond acceptors (Lipinski definition) is 6. The summed E-state index contributed by atoms with van der Waals surface area (Å²) in [6.45, 7) is 2.41. The molecule has 2 N–H and O–H groups in total. The number of hydrogen-bond donors (Lipinski definition) is 2. The highest BCUT2D eigenvalue weighted by atomic mass is 16.7. The Kier molecular flexibility index (Phi) is 5.60. The lowest BCUT2D eigenvalue weighted by atomic mass is 9.82. The lowest BCUT2D eigenvalue weighted by Crippen LogP contribution is -2.33. The summed E-state index contributed by atoms with van der Waals surface area (Å²) in [5.74, 6) is 0.637. The van der Waals surface area contributed by atoms with Crippen molar-refractivity contribution < 1.29 is 24.1 Å². The Hall–Kier alpha value is -2.77. The molecule has 3 unspecified atom stereocenters. The summed E-state index contributed by atoms with van der Waals surface area (Å²) in [7, 11) is 3.53. The average Bonchev–Trinajstić information content (AvgIpc) is 3.36. The normalized spacial score (nSPS) is 23.3. The fourth-order valence-corrected chi connectivity index (χ4v) is 4.40. The third kappa shape index (κ3) is 3.75. The quantitative estimate of drug-likeness (QED) is 0.742. The number of fused-ring (bicyclic) bond motifs is 1. The minimum atomic E-state index is -0.791. The van der Waals surface area contributed by atoms with Crippen LogP contribution in [0.3, 0.4) is 0 Å². The van der Waals surface area contributed by atoms with E-state index in [0.717, 1.165) is 30.0 Å². The Labute approximate surface area is 170 Å². The number of nitrogens with one attached hydrogen (secondary N) is 1. The second-order valence-corrected chi connectivity index (χ2v) is 7.40. The van der Waals surface area contributed by atoms with E-state index in [9.17, 15) is 9.90 Å². The zero-order valence-electron chi connectivity index (χ0n) is 16.6. The van der Waals surface area contributed by atoms with Crippen molar-refractivity contribution in [2.75, 3.05) is 40.6 Å². The molecule has 7 nitrogen and oxygen atoms in total. The van der Waals surface area contributed by atoms with Gasteiger partial charge in [-0.2, -0.15) is 0 Å². The number of methoxy groups -OCH3 is 1. The van der Waals surface area contributed by atoms with Gasteiger partial charge in [0.2, 0.25) is 6.79 Å². The van der Waals surface area contributed by atoms with Crippen molar-refractivity contribution in [2.45, 2.75) is 12.0 Å². The Balaban J connectivity index is 1.71. The zero-order chi connectivity index (χ0) is 20.4. The maximum Gasteiger partial charge on any atom is 0.309 e. The van der Waals surface area contributed by atoms with Crippen molar-refractivity contribution in [3.63, 3.8) is 0 Å². The number of carboxylic acids is 1. The second-order valence-electron chi connectivity index (χ2n) is 7.40. The summed E-state index contributed by atoms with van der Waals surface area (Å²) in [4.78, 5) is 14.7. The number of nitrogens with zero attached hydrogens (tertiary/aromatic N) is 1. The van der Waals surface area contributed by atoms with Gasteiger partial charge in [0.15, 0.2) is 11.5 Å². The van der Waals surface area contributed by atoms with Gasteiger partial charge in [0.1, 0.15) is 5.75 Å². The molecule has 0 saturated carbocycles. The largest absolute Gasteiger partial charge is 0.497 e. The Morgan fingerprint density at radius 2 is 1.90 bits per heavy atom. The molecular formula is C22H26N2O5. The number of rotatable bonds is 7. The predicted molar refractivity (Wildman–Crippen MR) is 108 cm³/mol. The van der Waals surface area contributed by atoms with Gasteiger partial charge in [-0.3, -0.25) is 9.69 Å². The topological polar surface area (TPSA) is 80.3 Å². The van der Waals surface area contributed by atoms with E-state index in [1.807, 2.05) is 49.5 Å². The van der Waals surface area contributed by atoms with Crippen molar-refractivity contribution in [1.82, 2.24) is 10.2 Å². The van der Waals surface area contributed by atoms with E-state index in [-0.39, 0.29) is 18.8 Å². The van der Waals surface area contributed by atoms with Gasteiger partial charge in [0.25, 0.3) is 0 Å². The molecule has 2 aromatic carbocycles. The molecule has 0 radical (unpaired) electrons. The first-order chi connectivity index (χ1) is 14.1. The monoisotopic (exact) mass is 398 g/mol. The number of benzene rings is 2. The first kappa shape index (κ1) is 19.5. The molecule has 3 atom stereocenters. The molecule has 2 aromatic rings. The van der Waals surface area contributed by atoms with E-state index in [1.165, 1.54) is 0 Å². The molecule has 0 aliphatic carbocycles. The van der Waals surface area contributed by atoms with Crippen molar-refractivity contribution >= 4 is 5.97 Å². The third-order valence-corrected chi connectivity index (χ3v) is 5.81. The summed E-state index contributed by atoms with van der Waals surface area (Å²) < 4.78 is 16.2. The number of aliphatic carboxylic acids is 1. The molecular weight excluding hydrogens is 372 g/mol. The summed E-state index contributed by atoms with van der Waals surface area (Å²) in [5, 5.41) is 13.4. The molecule has 0 amide bonds. The molecule has 4 rings (SSSR count). The van der Waals surface area contributed by atoms with Crippen LogP contribution in [-0.4, -0.2) is 56.6 Å². The molecule has 7 heteroatoms. The van der Waals surface area contributed by atoms with Gasteiger partial charge in [0.05, 0.1) is 13.0 Å². The minimum Gasteiger partial charge on any atom is -0.497 e. The van der Waals surface area contributed by atoms with Crippen LogP contribution in [0.4, 0.5) is 0 Å². The first-order valence-electron chi connectivity index (χ1n) is 9.77. The lowest BCUT2D eigenvalue weighted by Gasteiger charge is -2.27. The number of ether oxygens (including phenoxy) is 3. The highest BCUT2D eigenvalue weighted by Crippen LogP contribution is 2.47. The molecule has 0 spiro atoms. The van der Waals surface area contributed by atoms with Crippen LogP contribution in [-0.2, 0) is 4.79 Å². The highest BCUT2D eigenvalue weighted by Gasteiger charge is 2.47. The maximum atomic E-state index is 12.4. The summed E-state index contributed by atoms with van der Waals surface area (Å²) in [6.07, 6.45) is 0. The summed E-state index contributed by atoms with van der Waals surface area (Å²) in [5.41, 5.74) is 1.95. The lowest BCUT2D eigenvalue weighted by molar-refractivity contribution is -0.143. The van der Waals surface area contributed by atoms with Gasteiger partial charge >= 0.3 is 5.97 Å². The first-order valence-corrected chi connectivity index (χ1v) is 9.77. The molecule has 29 heavy (non-hydrogen) atoms. The summed E-state index contributed by atoms with van der Waals surface area (Å²) in [6, 6.07) is 13.2. The van der Waals surface area contributed by atoms with Crippen LogP contribution in [0, 0.1) is 5.92 Å². The van der Waals surface area contributed by atoms with Gasteiger partial charge < -0.3 is 24.6 Å². The summed E-state index contributed by atoms with van der Waals surface area (Å²) >= 11 is 0. The van der Waals surface area contributed by atoms with E-state index < -0.39 is 11.9 Å². The number of likely N-dealkylation sites (tertiary alicyclic amines) is 1. The predicted octanol–water partition coefficient (Wildman–Crippen LogP) is 2.48.